The van der Waals surface area contributed by atoms with Crippen LogP contribution >= 0.6 is 0 Å². The Labute approximate surface area is 178 Å². The van der Waals surface area contributed by atoms with E-state index in [0.29, 0.717) is 25.9 Å². The zero-order valence-electron chi connectivity index (χ0n) is 16.7. The van der Waals surface area contributed by atoms with Gasteiger partial charge in [-0.2, -0.15) is 8.42 Å². The van der Waals surface area contributed by atoms with Crippen molar-refractivity contribution in [3.63, 3.8) is 0 Å². The maximum atomic E-state index is 14.8. The number of cyclic esters (lactones) is 1. The Bertz CT molecular complexity index is 1080. The molecule has 172 valence electrons. The largest absolute Gasteiger partial charge is 0.441 e. The van der Waals surface area contributed by atoms with Crippen molar-refractivity contribution in [3.05, 3.63) is 23.8 Å². The molecular formula is C18H22F2N2O7S2. The number of amides is 1. The van der Waals surface area contributed by atoms with E-state index < -0.39 is 50.4 Å². The molecule has 13 heteroatoms. The molecule has 1 amide bonds. The van der Waals surface area contributed by atoms with E-state index in [2.05, 4.69) is 4.18 Å². The van der Waals surface area contributed by atoms with E-state index in [9.17, 15) is 30.4 Å². The van der Waals surface area contributed by atoms with Crippen molar-refractivity contribution in [1.82, 2.24) is 0 Å². The van der Waals surface area contributed by atoms with Gasteiger partial charge in [0, 0.05) is 30.6 Å². The highest BCUT2D eigenvalue weighted by atomic mass is 32.2. The number of carbonyl (C=O) groups excluding carboxylic acids is 1. The normalized spacial score (nSPS) is 24.9. The second-order valence-electron chi connectivity index (χ2n) is 8.38. The summed E-state index contributed by atoms with van der Waals surface area (Å²) in [5, 5.41) is 0. The van der Waals surface area contributed by atoms with Crippen LogP contribution in [0.25, 0.3) is 0 Å². The van der Waals surface area contributed by atoms with Crippen LogP contribution in [0, 0.1) is 17.0 Å². The minimum atomic E-state index is -3.72. The number of piperidine rings is 1. The van der Waals surface area contributed by atoms with Gasteiger partial charge >= 0.3 is 6.09 Å². The summed E-state index contributed by atoms with van der Waals surface area (Å²) in [6.07, 6.45) is 0.169. The molecule has 0 aromatic heterocycles. The van der Waals surface area contributed by atoms with E-state index in [0.717, 1.165) is 23.3 Å². The maximum Gasteiger partial charge on any atom is 0.414 e. The van der Waals surface area contributed by atoms with Crippen LogP contribution in [0.4, 0.5) is 25.0 Å². The Balaban J connectivity index is 1.45. The van der Waals surface area contributed by atoms with Gasteiger partial charge < -0.3 is 9.64 Å². The maximum absolute atomic E-state index is 14.8. The molecule has 3 saturated heterocycles. The summed E-state index contributed by atoms with van der Waals surface area (Å²) in [5.74, 6) is -1.45. The molecule has 0 unspecified atom stereocenters. The van der Waals surface area contributed by atoms with Gasteiger partial charge in [-0.3, -0.25) is 9.08 Å². The first-order chi connectivity index (χ1) is 14.4. The lowest BCUT2D eigenvalue weighted by Gasteiger charge is -2.47. The molecule has 0 N–H and O–H groups in total. The minimum absolute atomic E-state index is 0.0517. The van der Waals surface area contributed by atoms with E-state index in [4.69, 9.17) is 4.74 Å². The fraction of sp³-hybridized carbons (Fsp3) is 0.611. The average molecular weight is 481 g/mol. The molecule has 4 rings (SSSR count). The minimum Gasteiger partial charge on any atom is -0.441 e. The van der Waals surface area contributed by atoms with Crippen LogP contribution in [0.1, 0.15) is 12.8 Å². The number of hydrogen-bond donors (Lipinski definition) is 0. The lowest BCUT2D eigenvalue weighted by Crippen LogP contribution is -2.54. The Morgan fingerprint density at radius 2 is 1.77 bits per heavy atom. The number of ether oxygens (including phenoxy) is 1. The molecule has 0 bridgehead atoms. The molecule has 0 aliphatic carbocycles. The van der Waals surface area contributed by atoms with Crippen molar-refractivity contribution in [2.45, 2.75) is 18.9 Å². The number of benzene rings is 1. The van der Waals surface area contributed by atoms with Crippen LogP contribution < -0.4 is 9.80 Å². The Morgan fingerprint density at radius 1 is 1.19 bits per heavy atom. The topological polar surface area (TPSA) is 110 Å². The number of nitrogens with zero attached hydrogens (tertiary/aromatic N) is 2. The summed E-state index contributed by atoms with van der Waals surface area (Å²) >= 11 is 0. The van der Waals surface area contributed by atoms with Gasteiger partial charge in [-0.1, -0.05) is 0 Å². The van der Waals surface area contributed by atoms with Crippen molar-refractivity contribution < 1.29 is 39.3 Å². The van der Waals surface area contributed by atoms with Gasteiger partial charge in [0.05, 0.1) is 30.0 Å². The van der Waals surface area contributed by atoms with E-state index in [1.807, 2.05) is 0 Å². The molecule has 3 fully saturated rings. The van der Waals surface area contributed by atoms with E-state index in [1.165, 1.54) is 0 Å². The summed E-state index contributed by atoms with van der Waals surface area (Å²) in [4.78, 5) is 14.6. The lowest BCUT2D eigenvalue weighted by molar-refractivity contribution is 0.107. The average Bonchev–Trinajstić information content (AvgIpc) is 3.00. The lowest BCUT2D eigenvalue weighted by atomic mass is 9.81. The molecule has 1 spiro atoms. The highest BCUT2D eigenvalue weighted by Crippen LogP contribution is 2.44. The Morgan fingerprint density at radius 3 is 2.29 bits per heavy atom. The van der Waals surface area contributed by atoms with E-state index >= 15 is 0 Å². The second-order valence-corrected chi connectivity index (χ2v) is 12.1. The molecule has 1 aromatic carbocycles. The molecule has 0 saturated carbocycles. The Kier molecular flexibility index (Phi) is 5.41. The zero-order valence-corrected chi connectivity index (χ0v) is 18.3. The number of anilines is 2. The molecular weight excluding hydrogens is 458 g/mol. The summed E-state index contributed by atoms with van der Waals surface area (Å²) in [7, 11) is -6.71. The summed E-state index contributed by atoms with van der Waals surface area (Å²) < 4.78 is 84.5. The van der Waals surface area contributed by atoms with Crippen LogP contribution in [0.5, 0.6) is 0 Å². The highest BCUT2D eigenvalue weighted by Gasteiger charge is 2.50. The second kappa shape index (κ2) is 7.55. The van der Waals surface area contributed by atoms with Gasteiger partial charge in [0.2, 0.25) is 0 Å². The van der Waals surface area contributed by atoms with Gasteiger partial charge in [0.25, 0.3) is 10.1 Å². The van der Waals surface area contributed by atoms with Crippen molar-refractivity contribution in [1.29, 1.82) is 0 Å². The molecule has 1 aromatic rings. The SMILES string of the molecule is CS(=O)(=O)OC[C@H]1CN(c2cc(F)c(N3CCC4(CC3)CS(=O)(=O)C4)c(F)c2)C(=O)O1. The van der Waals surface area contributed by atoms with Crippen LogP contribution in [0.15, 0.2) is 12.1 Å². The molecule has 9 nitrogen and oxygen atoms in total. The number of halogens is 2. The summed E-state index contributed by atoms with van der Waals surface area (Å²) in [5.41, 5.74) is -0.556. The van der Waals surface area contributed by atoms with Gasteiger partial charge in [0.15, 0.2) is 21.5 Å². The van der Waals surface area contributed by atoms with Crippen LogP contribution in [-0.4, -0.2) is 73.0 Å². The molecule has 3 heterocycles. The number of rotatable bonds is 5. The number of hydrogen-bond acceptors (Lipinski definition) is 8. The van der Waals surface area contributed by atoms with Gasteiger partial charge in [-0.25, -0.2) is 22.0 Å². The van der Waals surface area contributed by atoms with Crippen molar-refractivity contribution in [3.8, 4) is 0 Å². The van der Waals surface area contributed by atoms with Crippen molar-refractivity contribution in [2.75, 3.05) is 53.8 Å². The number of carbonyl (C=O) groups is 1. The van der Waals surface area contributed by atoms with Gasteiger partial charge in [0.1, 0.15) is 18.4 Å². The first kappa shape index (κ1) is 22.2. The molecule has 3 aliphatic heterocycles. The monoisotopic (exact) mass is 480 g/mol. The van der Waals surface area contributed by atoms with Crippen molar-refractivity contribution >= 4 is 37.4 Å². The summed E-state index contributed by atoms with van der Waals surface area (Å²) in [6.45, 7) is 0.154. The first-order valence-corrected chi connectivity index (χ1v) is 13.3. The Hall–Kier alpha value is -1.99. The standard InChI is InChI=1S/C18H22F2N2O7S2/c1-30(24,25)28-9-13-8-22(17(23)29-13)12-6-14(19)16(15(20)7-12)21-4-2-18(3-5-21)10-31(26,27)11-18/h6-7,13H,2-5,8-11H2,1H3/t13-/m1/s1. The molecule has 31 heavy (non-hydrogen) atoms. The van der Waals surface area contributed by atoms with E-state index in [1.54, 1.807) is 4.90 Å². The molecule has 0 radical (unpaired) electrons. The van der Waals surface area contributed by atoms with Gasteiger partial charge in [-0.15, -0.1) is 0 Å². The summed E-state index contributed by atoms with van der Waals surface area (Å²) in [6, 6.07) is 2.05. The van der Waals surface area contributed by atoms with Gasteiger partial charge in [-0.05, 0) is 12.8 Å². The third-order valence-electron chi connectivity index (χ3n) is 5.85. The van der Waals surface area contributed by atoms with Crippen LogP contribution in [0.3, 0.4) is 0 Å². The highest BCUT2D eigenvalue weighted by molar-refractivity contribution is 7.92. The fourth-order valence-electron chi connectivity index (χ4n) is 4.41. The third kappa shape index (κ3) is 4.62. The first-order valence-electron chi connectivity index (χ1n) is 9.63. The third-order valence-corrected chi connectivity index (χ3v) is 8.52. The number of sulfone groups is 1. The molecule has 1 atom stereocenters. The van der Waals surface area contributed by atoms with E-state index in [-0.39, 0.29) is 34.8 Å². The predicted octanol–water partition coefficient (Wildman–Crippen LogP) is 1.28. The fourth-order valence-corrected chi connectivity index (χ4v) is 7.17. The quantitative estimate of drug-likeness (QED) is 0.580. The zero-order chi connectivity index (χ0) is 22.6. The smallest absolute Gasteiger partial charge is 0.414 e. The van der Waals surface area contributed by atoms with Crippen LogP contribution in [0.2, 0.25) is 0 Å². The predicted molar refractivity (Wildman–Crippen MR) is 107 cm³/mol. The molecule has 3 aliphatic rings. The van der Waals surface area contributed by atoms with Crippen LogP contribution in [-0.2, 0) is 28.9 Å². The van der Waals surface area contributed by atoms with Crippen molar-refractivity contribution in [2.24, 2.45) is 5.41 Å².